The van der Waals surface area contributed by atoms with Crippen molar-refractivity contribution in [2.75, 3.05) is 7.11 Å². The summed E-state index contributed by atoms with van der Waals surface area (Å²) in [5, 5.41) is 0. The van der Waals surface area contributed by atoms with Crippen LogP contribution in [-0.2, 0) is 9.53 Å². The van der Waals surface area contributed by atoms with E-state index in [9.17, 15) is 9.59 Å². The van der Waals surface area contributed by atoms with E-state index in [1.165, 1.54) is 7.11 Å². The Balaban J connectivity index is 2.34. The number of Topliss-reactive ketones (excluding diaryl/α,β-unsaturated/α-hetero) is 1. The molecule has 0 saturated heterocycles. The van der Waals surface area contributed by atoms with E-state index in [4.69, 9.17) is 0 Å². The molecule has 0 radical (unpaired) electrons. The number of esters is 1. The molecule has 0 heterocycles. The van der Waals surface area contributed by atoms with Gasteiger partial charge in [0, 0.05) is 12.0 Å². The number of hydrogen-bond acceptors (Lipinski definition) is 3. The second kappa shape index (κ2) is 7.24. The molecule has 0 spiro atoms. The van der Waals surface area contributed by atoms with Gasteiger partial charge in [-0.1, -0.05) is 36.3 Å². The molecule has 1 aromatic rings. The van der Waals surface area contributed by atoms with Crippen molar-refractivity contribution in [1.82, 2.24) is 0 Å². The van der Waals surface area contributed by atoms with Crippen LogP contribution in [0.3, 0.4) is 0 Å². The largest absolute Gasteiger partial charge is 0.469 e. The average Bonchev–Trinajstić information content (AvgIpc) is 2.38. The second-order valence-corrected chi connectivity index (χ2v) is 3.40. The van der Waals surface area contributed by atoms with Crippen molar-refractivity contribution in [2.24, 2.45) is 0 Å². The summed E-state index contributed by atoms with van der Waals surface area (Å²) in [6.45, 7) is 0. The van der Waals surface area contributed by atoms with Gasteiger partial charge >= 0.3 is 5.97 Å². The fourth-order valence-corrected chi connectivity index (χ4v) is 1.22. The molecular formula is C14H14O3. The van der Waals surface area contributed by atoms with Gasteiger partial charge in [-0.2, -0.15) is 0 Å². The Morgan fingerprint density at radius 3 is 2.53 bits per heavy atom. The first-order chi connectivity index (χ1) is 8.24. The molecule has 3 nitrogen and oxygen atoms in total. The number of benzene rings is 1. The highest BCUT2D eigenvalue weighted by molar-refractivity contribution is 5.97. The second-order valence-electron chi connectivity index (χ2n) is 3.40. The quantitative estimate of drug-likeness (QED) is 0.452. The first-order valence-corrected chi connectivity index (χ1v) is 5.35. The molecule has 1 aromatic carbocycles. The normalized spacial score (nSPS) is 9.00. The van der Waals surface area contributed by atoms with Gasteiger partial charge in [-0.15, -0.1) is 5.92 Å². The molecule has 0 saturated carbocycles. The van der Waals surface area contributed by atoms with Crippen LogP contribution < -0.4 is 0 Å². The number of ether oxygens (including phenoxy) is 1. The minimum atomic E-state index is -0.284. The van der Waals surface area contributed by atoms with E-state index >= 15 is 0 Å². The molecule has 0 N–H and O–H groups in total. The standard InChI is InChI=1S/C14H14O3/c1-17-14(16)11-7-3-6-10-13(15)12-8-4-2-5-9-12/h2,4-5,8-9H,7,10-11H2,1H3. The SMILES string of the molecule is COC(=O)CCC#CCC(=O)c1ccccc1. The molecule has 0 atom stereocenters. The lowest BCUT2D eigenvalue weighted by Gasteiger charge is -1.94. The lowest BCUT2D eigenvalue weighted by molar-refractivity contribution is -0.140. The first-order valence-electron chi connectivity index (χ1n) is 5.35. The summed E-state index contributed by atoms with van der Waals surface area (Å²) in [5.41, 5.74) is 0.662. The van der Waals surface area contributed by atoms with Crippen molar-refractivity contribution in [3.05, 3.63) is 35.9 Å². The monoisotopic (exact) mass is 230 g/mol. The van der Waals surface area contributed by atoms with Gasteiger partial charge in [-0.05, 0) is 0 Å². The van der Waals surface area contributed by atoms with E-state index in [1.807, 2.05) is 18.2 Å². The molecule has 17 heavy (non-hydrogen) atoms. The van der Waals surface area contributed by atoms with E-state index in [1.54, 1.807) is 12.1 Å². The highest BCUT2D eigenvalue weighted by Gasteiger charge is 2.01. The zero-order valence-corrected chi connectivity index (χ0v) is 9.73. The van der Waals surface area contributed by atoms with Crippen molar-refractivity contribution in [3.8, 4) is 11.8 Å². The maximum absolute atomic E-state index is 11.6. The summed E-state index contributed by atoms with van der Waals surface area (Å²) in [6, 6.07) is 9.02. The summed E-state index contributed by atoms with van der Waals surface area (Å²) in [7, 11) is 1.34. The minimum absolute atomic E-state index is 0.00355. The van der Waals surface area contributed by atoms with Gasteiger partial charge in [-0.25, -0.2) is 0 Å². The summed E-state index contributed by atoms with van der Waals surface area (Å²) in [5.74, 6) is 5.25. The maximum Gasteiger partial charge on any atom is 0.306 e. The predicted molar refractivity (Wildman–Crippen MR) is 64.4 cm³/mol. The molecule has 88 valence electrons. The number of rotatable bonds is 4. The number of carbonyl (C=O) groups excluding carboxylic acids is 2. The predicted octanol–water partition coefficient (Wildman–Crippen LogP) is 2.22. The smallest absolute Gasteiger partial charge is 0.306 e. The van der Waals surface area contributed by atoms with Gasteiger partial charge in [0.25, 0.3) is 0 Å². The summed E-state index contributed by atoms with van der Waals surface area (Å²) < 4.78 is 4.47. The van der Waals surface area contributed by atoms with Crippen LogP contribution in [0.1, 0.15) is 29.6 Å². The van der Waals surface area contributed by atoms with Gasteiger partial charge in [0.15, 0.2) is 5.78 Å². The zero-order chi connectivity index (χ0) is 12.5. The summed E-state index contributed by atoms with van der Waals surface area (Å²) >= 11 is 0. The van der Waals surface area contributed by atoms with Crippen molar-refractivity contribution in [2.45, 2.75) is 19.3 Å². The Bertz CT molecular complexity index is 438. The maximum atomic E-state index is 11.6. The summed E-state index contributed by atoms with van der Waals surface area (Å²) in [4.78, 5) is 22.4. The van der Waals surface area contributed by atoms with Crippen LogP contribution in [0, 0.1) is 11.8 Å². The Morgan fingerprint density at radius 2 is 1.88 bits per heavy atom. The van der Waals surface area contributed by atoms with Crippen molar-refractivity contribution >= 4 is 11.8 Å². The van der Waals surface area contributed by atoms with Gasteiger partial charge in [0.05, 0.1) is 20.0 Å². The number of methoxy groups -OCH3 is 1. The first kappa shape index (κ1) is 13.0. The Kier molecular flexibility index (Phi) is 5.53. The highest BCUT2D eigenvalue weighted by Crippen LogP contribution is 2.02. The van der Waals surface area contributed by atoms with Gasteiger partial charge < -0.3 is 4.74 Å². The number of ketones is 1. The Morgan fingerprint density at radius 1 is 1.18 bits per heavy atom. The third-order valence-electron chi connectivity index (χ3n) is 2.15. The molecule has 0 aliphatic rings. The van der Waals surface area contributed by atoms with Crippen molar-refractivity contribution in [1.29, 1.82) is 0 Å². The van der Waals surface area contributed by atoms with E-state index in [-0.39, 0.29) is 24.6 Å². The van der Waals surface area contributed by atoms with Crippen molar-refractivity contribution < 1.29 is 14.3 Å². The molecule has 3 heteroatoms. The van der Waals surface area contributed by atoms with E-state index < -0.39 is 0 Å². The fraction of sp³-hybridized carbons (Fsp3) is 0.286. The molecule has 0 unspecified atom stereocenters. The van der Waals surface area contributed by atoms with E-state index in [0.29, 0.717) is 12.0 Å². The molecule has 0 aromatic heterocycles. The van der Waals surface area contributed by atoms with Crippen LogP contribution in [0.15, 0.2) is 30.3 Å². The van der Waals surface area contributed by atoms with Crippen LogP contribution in [0.25, 0.3) is 0 Å². The van der Waals surface area contributed by atoms with E-state index in [2.05, 4.69) is 16.6 Å². The molecule has 0 fully saturated rings. The molecule has 0 bridgehead atoms. The molecule has 1 rings (SSSR count). The summed E-state index contributed by atoms with van der Waals surface area (Å²) in [6.07, 6.45) is 0.878. The molecule has 0 aliphatic carbocycles. The molecule has 0 amide bonds. The van der Waals surface area contributed by atoms with Gasteiger partial charge in [0.1, 0.15) is 0 Å². The van der Waals surface area contributed by atoms with Crippen LogP contribution in [0.2, 0.25) is 0 Å². The van der Waals surface area contributed by atoms with Crippen LogP contribution in [0.5, 0.6) is 0 Å². The van der Waals surface area contributed by atoms with Crippen molar-refractivity contribution in [3.63, 3.8) is 0 Å². The third kappa shape index (κ3) is 4.98. The Hall–Kier alpha value is -2.08. The average molecular weight is 230 g/mol. The minimum Gasteiger partial charge on any atom is -0.469 e. The molecular weight excluding hydrogens is 216 g/mol. The molecule has 0 aliphatic heterocycles. The highest BCUT2D eigenvalue weighted by atomic mass is 16.5. The topological polar surface area (TPSA) is 43.4 Å². The number of carbonyl (C=O) groups is 2. The van der Waals surface area contributed by atoms with E-state index in [0.717, 1.165) is 0 Å². The van der Waals surface area contributed by atoms with Crippen LogP contribution >= 0.6 is 0 Å². The lowest BCUT2D eigenvalue weighted by Crippen LogP contribution is -1.98. The zero-order valence-electron chi connectivity index (χ0n) is 9.73. The number of hydrogen-bond donors (Lipinski definition) is 0. The lowest BCUT2D eigenvalue weighted by atomic mass is 10.1. The Labute approximate surface area is 101 Å². The van der Waals surface area contributed by atoms with Gasteiger partial charge in [0.2, 0.25) is 0 Å². The fourth-order valence-electron chi connectivity index (χ4n) is 1.22. The van der Waals surface area contributed by atoms with Crippen LogP contribution in [0.4, 0.5) is 0 Å². The van der Waals surface area contributed by atoms with Gasteiger partial charge in [-0.3, -0.25) is 9.59 Å². The third-order valence-corrected chi connectivity index (χ3v) is 2.15. The van der Waals surface area contributed by atoms with Crippen LogP contribution in [-0.4, -0.2) is 18.9 Å².